The molecule has 2 rings (SSSR count). The van der Waals surface area contributed by atoms with Crippen molar-refractivity contribution in [1.82, 2.24) is 10.2 Å². The Balaban J connectivity index is 2.20. The van der Waals surface area contributed by atoms with Gasteiger partial charge >= 0.3 is 0 Å². The highest BCUT2D eigenvalue weighted by Gasteiger charge is 2.27. The van der Waals surface area contributed by atoms with Crippen LogP contribution in [-0.2, 0) is 22.4 Å². The van der Waals surface area contributed by atoms with E-state index < -0.39 is 6.04 Å². The number of likely N-dealkylation sites (N-methyl/N-ethyl adjacent to an activating group) is 1. The third-order valence-corrected chi connectivity index (χ3v) is 4.75. The van der Waals surface area contributed by atoms with E-state index in [2.05, 4.69) is 11.4 Å². The molecule has 4 heteroatoms. The number of carbonyl (C=O) groups is 2. The topological polar surface area (TPSA) is 49.4 Å². The number of hydrogen-bond acceptors (Lipinski definition) is 2. The van der Waals surface area contributed by atoms with Crippen LogP contribution in [0, 0.1) is 13.8 Å². The van der Waals surface area contributed by atoms with Gasteiger partial charge in [0, 0.05) is 13.6 Å². The normalized spacial score (nSPS) is 11.7. The molecule has 2 aromatic rings. The Morgan fingerprint density at radius 3 is 2.19 bits per heavy atom. The van der Waals surface area contributed by atoms with Gasteiger partial charge in [-0.05, 0) is 37.8 Å². The van der Waals surface area contributed by atoms with Crippen LogP contribution in [0.2, 0.25) is 0 Å². The van der Waals surface area contributed by atoms with E-state index in [1.54, 1.807) is 11.9 Å². The molecule has 1 N–H and O–H groups in total. The van der Waals surface area contributed by atoms with Gasteiger partial charge in [-0.1, -0.05) is 66.6 Å². The first-order valence-electron chi connectivity index (χ1n) is 9.56. The molecule has 2 aromatic carbocycles. The Morgan fingerprint density at radius 2 is 1.63 bits per heavy atom. The predicted octanol–water partition coefficient (Wildman–Crippen LogP) is 3.44. The van der Waals surface area contributed by atoms with Crippen molar-refractivity contribution >= 4 is 11.8 Å². The van der Waals surface area contributed by atoms with Crippen LogP contribution in [0.5, 0.6) is 0 Å². The molecule has 1 atom stereocenters. The van der Waals surface area contributed by atoms with E-state index in [9.17, 15) is 9.59 Å². The molecule has 4 nitrogen and oxygen atoms in total. The zero-order chi connectivity index (χ0) is 19.8. The summed E-state index contributed by atoms with van der Waals surface area (Å²) in [6, 6.07) is 15.8. The van der Waals surface area contributed by atoms with Crippen molar-refractivity contribution in [3.05, 3.63) is 70.8 Å². The minimum absolute atomic E-state index is 0.00798. The smallest absolute Gasteiger partial charge is 0.242 e. The molecule has 0 saturated carbocycles. The SMILES string of the molecule is CC[C@H](C(=O)NC)N(CCc1ccccc1)C(=O)Cc1cc(C)cc(C)c1. The number of amides is 2. The molecule has 27 heavy (non-hydrogen) atoms. The van der Waals surface area contributed by atoms with Gasteiger partial charge in [0.2, 0.25) is 11.8 Å². The minimum Gasteiger partial charge on any atom is -0.357 e. The van der Waals surface area contributed by atoms with Gasteiger partial charge in [0.1, 0.15) is 6.04 Å². The number of carbonyl (C=O) groups excluding carboxylic acids is 2. The average Bonchev–Trinajstić information content (AvgIpc) is 2.64. The highest BCUT2D eigenvalue weighted by Crippen LogP contribution is 2.14. The first-order chi connectivity index (χ1) is 12.9. The second-order valence-electron chi connectivity index (χ2n) is 7.03. The number of aryl methyl sites for hydroxylation is 2. The van der Waals surface area contributed by atoms with Crippen molar-refractivity contribution in [2.45, 2.75) is 46.1 Å². The summed E-state index contributed by atoms with van der Waals surface area (Å²) in [6.45, 7) is 6.54. The summed E-state index contributed by atoms with van der Waals surface area (Å²) in [6.07, 6.45) is 1.63. The van der Waals surface area contributed by atoms with Crippen molar-refractivity contribution in [2.75, 3.05) is 13.6 Å². The lowest BCUT2D eigenvalue weighted by Gasteiger charge is -2.30. The van der Waals surface area contributed by atoms with Crippen molar-refractivity contribution in [2.24, 2.45) is 0 Å². The van der Waals surface area contributed by atoms with Crippen LogP contribution >= 0.6 is 0 Å². The van der Waals surface area contributed by atoms with Crippen molar-refractivity contribution in [3.63, 3.8) is 0 Å². The first kappa shape index (κ1) is 20.7. The summed E-state index contributed by atoms with van der Waals surface area (Å²) < 4.78 is 0. The van der Waals surface area contributed by atoms with Crippen LogP contribution < -0.4 is 5.32 Å². The van der Waals surface area contributed by atoms with Crippen LogP contribution in [0.4, 0.5) is 0 Å². The lowest BCUT2D eigenvalue weighted by atomic mass is 10.0. The zero-order valence-corrected chi connectivity index (χ0v) is 16.8. The van der Waals surface area contributed by atoms with E-state index in [1.165, 1.54) is 0 Å². The third kappa shape index (κ3) is 5.95. The lowest BCUT2D eigenvalue weighted by Crippen LogP contribution is -2.49. The molecule has 0 heterocycles. The van der Waals surface area contributed by atoms with E-state index in [1.807, 2.05) is 63.2 Å². The number of nitrogens with zero attached hydrogens (tertiary/aromatic N) is 1. The maximum Gasteiger partial charge on any atom is 0.242 e. The molecule has 0 saturated heterocycles. The molecule has 0 aliphatic rings. The van der Waals surface area contributed by atoms with Gasteiger partial charge < -0.3 is 10.2 Å². The second kappa shape index (κ2) is 9.91. The number of benzene rings is 2. The molecular formula is C23H30N2O2. The van der Waals surface area contributed by atoms with E-state index in [4.69, 9.17) is 0 Å². The summed E-state index contributed by atoms with van der Waals surface area (Å²) in [5.74, 6) is -0.120. The van der Waals surface area contributed by atoms with Gasteiger partial charge in [0.05, 0.1) is 6.42 Å². The average molecular weight is 367 g/mol. The lowest BCUT2D eigenvalue weighted by molar-refractivity contribution is -0.140. The number of nitrogens with one attached hydrogen (secondary N) is 1. The fourth-order valence-corrected chi connectivity index (χ4v) is 3.51. The summed E-state index contributed by atoms with van der Waals surface area (Å²) in [5.41, 5.74) is 4.45. The monoisotopic (exact) mass is 366 g/mol. The molecule has 2 amide bonds. The third-order valence-electron chi connectivity index (χ3n) is 4.75. The summed E-state index contributed by atoms with van der Waals surface area (Å²) in [4.78, 5) is 27.2. The van der Waals surface area contributed by atoms with E-state index in [0.717, 1.165) is 28.7 Å². The molecule has 144 valence electrons. The molecule has 0 aliphatic heterocycles. The van der Waals surface area contributed by atoms with Gasteiger partial charge in [0.25, 0.3) is 0 Å². The van der Waals surface area contributed by atoms with E-state index in [0.29, 0.717) is 19.4 Å². The minimum atomic E-state index is -0.447. The molecular weight excluding hydrogens is 336 g/mol. The highest BCUT2D eigenvalue weighted by atomic mass is 16.2. The fourth-order valence-electron chi connectivity index (χ4n) is 3.51. The Labute approximate surface area is 162 Å². The fraction of sp³-hybridized carbons (Fsp3) is 0.391. The molecule has 0 bridgehead atoms. The standard InChI is InChI=1S/C23H30N2O2/c1-5-21(23(27)24-4)25(12-11-19-9-7-6-8-10-19)22(26)16-20-14-17(2)13-18(3)15-20/h6-10,13-15,21H,5,11-12,16H2,1-4H3,(H,24,27)/t21-/m1/s1. The summed E-state index contributed by atoms with van der Waals surface area (Å²) >= 11 is 0. The van der Waals surface area contributed by atoms with Crippen LogP contribution in [-0.4, -0.2) is 36.3 Å². The zero-order valence-electron chi connectivity index (χ0n) is 16.8. The largest absolute Gasteiger partial charge is 0.357 e. The van der Waals surface area contributed by atoms with Crippen LogP contribution in [0.1, 0.15) is 35.6 Å². The van der Waals surface area contributed by atoms with Crippen molar-refractivity contribution in [1.29, 1.82) is 0 Å². The molecule has 0 radical (unpaired) electrons. The number of rotatable bonds is 8. The molecule has 0 aliphatic carbocycles. The van der Waals surface area contributed by atoms with Crippen molar-refractivity contribution < 1.29 is 9.59 Å². The highest BCUT2D eigenvalue weighted by molar-refractivity contribution is 5.88. The van der Waals surface area contributed by atoms with Gasteiger partial charge in [-0.15, -0.1) is 0 Å². The van der Waals surface area contributed by atoms with Gasteiger partial charge in [-0.3, -0.25) is 9.59 Å². The van der Waals surface area contributed by atoms with Crippen LogP contribution in [0.15, 0.2) is 48.5 Å². The molecule has 0 aromatic heterocycles. The molecule has 0 unspecified atom stereocenters. The van der Waals surface area contributed by atoms with Crippen molar-refractivity contribution in [3.8, 4) is 0 Å². The maximum atomic E-state index is 13.1. The second-order valence-corrected chi connectivity index (χ2v) is 7.03. The first-order valence-corrected chi connectivity index (χ1v) is 9.56. The van der Waals surface area contributed by atoms with Crippen LogP contribution in [0.25, 0.3) is 0 Å². The van der Waals surface area contributed by atoms with Gasteiger partial charge in [-0.25, -0.2) is 0 Å². The quantitative estimate of drug-likeness (QED) is 0.778. The predicted molar refractivity (Wildman–Crippen MR) is 110 cm³/mol. The Hall–Kier alpha value is -2.62. The summed E-state index contributed by atoms with van der Waals surface area (Å²) in [7, 11) is 1.62. The van der Waals surface area contributed by atoms with Crippen LogP contribution in [0.3, 0.4) is 0 Å². The Kier molecular flexibility index (Phi) is 7.59. The molecule has 0 fully saturated rings. The Bertz CT molecular complexity index is 751. The maximum absolute atomic E-state index is 13.1. The molecule has 0 spiro atoms. The van der Waals surface area contributed by atoms with E-state index in [-0.39, 0.29) is 11.8 Å². The van der Waals surface area contributed by atoms with Gasteiger partial charge in [0.15, 0.2) is 0 Å². The van der Waals surface area contributed by atoms with Gasteiger partial charge in [-0.2, -0.15) is 0 Å². The summed E-state index contributed by atoms with van der Waals surface area (Å²) in [5, 5.41) is 2.70. The Morgan fingerprint density at radius 1 is 1.00 bits per heavy atom. The number of hydrogen-bond donors (Lipinski definition) is 1. The van der Waals surface area contributed by atoms with E-state index >= 15 is 0 Å².